The molecule has 104 valence electrons. The van der Waals surface area contributed by atoms with Gasteiger partial charge in [-0.2, -0.15) is 0 Å². The van der Waals surface area contributed by atoms with Gasteiger partial charge in [0.2, 0.25) is 0 Å². The summed E-state index contributed by atoms with van der Waals surface area (Å²) in [5.74, 6) is -1.11. The lowest BCUT2D eigenvalue weighted by Gasteiger charge is -2.06. The van der Waals surface area contributed by atoms with Crippen LogP contribution in [0.15, 0.2) is 0 Å². The molecule has 0 aliphatic heterocycles. The molecule has 0 spiro atoms. The van der Waals surface area contributed by atoms with E-state index in [2.05, 4.69) is 5.32 Å². The zero-order valence-electron chi connectivity index (χ0n) is 8.92. The number of nitrogens with one attached hydrogen (secondary N) is 2. The minimum absolute atomic E-state index is 0. The maximum atomic E-state index is 10.2. The SMILES string of the molecule is Cl.N=C(N)NCCCC(N)C(=O)O.O=[PH](O)O. The van der Waals surface area contributed by atoms with Gasteiger partial charge < -0.3 is 31.7 Å². The molecule has 0 aromatic heterocycles. The zero-order chi connectivity index (χ0) is 13.1. The summed E-state index contributed by atoms with van der Waals surface area (Å²) in [4.78, 5) is 24.5. The predicted octanol–water partition coefficient (Wildman–Crippen LogP) is -1.56. The second kappa shape index (κ2) is 13.2. The maximum absolute atomic E-state index is 10.2. The monoisotopic (exact) mass is 292 g/mol. The first-order chi connectivity index (χ1) is 7.27. The van der Waals surface area contributed by atoms with Gasteiger partial charge in [-0.05, 0) is 12.8 Å². The second-order valence-corrected chi connectivity index (χ2v) is 3.28. The highest BCUT2D eigenvalue weighted by molar-refractivity contribution is 7.30. The van der Waals surface area contributed by atoms with Gasteiger partial charge >= 0.3 is 14.2 Å². The number of hydrogen-bond acceptors (Lipinski definition) is 4. The van der Waals surface area contributed by atoms with E-state index in [9.17, 15) is 4.79 Å². The Hall–Kier alpha value is -0.860. The highest BCUT2D eigenvalue weighted by Crippen LogP contribution is 1.98. The molecular formula is C6H18ClN4O5P. The summed E-state index contributed by atoms with van der Waals surface area (Å²) < 4.78 is 8.74. The van der Waals surface area contributed by atoms with Crippen molar-refractivity contribution in [3.05, 3.63) is 0 Å². The summed E-state index contributed by atoms with van der Waals surface area (Å²) in [5, 5.41) is 17.7. The Bertz CT molecular complexity index is 251. The van der Waals surface area contributed by atoms with Gasteiger partial charge in [-0.1, -0.05) is 0 Å². The molecule has 0 bridgehead atoms. The van der Waals surface area contributed by atoms with Crippen LogP contribution in [0.25, 0.3) is 0 Å². The molecule has 0 aromatic carbocycles. The van der Waals surface area contributed by atoms with E-state index in [1.54, 1.807) is 0 Å². The van der Waals surface area contributed by atoms with E-state index in [-0.39, 0.29) is 18.4 Å². The van der Waals surface area contributed by atoms with Crippen molar-refractivity contribution in [1.82, 2.24) is 5.32 Å². The van der Waals surface area contributed by atoms with Crippen molar-refractivity contribution in [2.24, 2.45) is 11.5 Å². The van der Waals surface area contributed by atoms with Crippen LogP contribution >= 0.6 is 20.7 Å². The van der Waals surface area contributed by atoms with Gasteiger partial charge in [-0.3, -0.25) is 14.8 Å². The van der Waals surface area contributed by atoms with Crippen LogP contribution < -0.4 is 16.8 Å². The van der Waals surface area contributed by atoms with Crippen molar-refractivity contribution in [2.75, 3.05) is 6.54 Å². The van der Waals surface area contributed by atoms with Crippen LogP contribution in [-0.4, -0.2) is 39.4 Å². The average molecular weight is 293 g/mol. The highest BCUT2D eigenvalue weighted by Gasteiger charge is 2.09. The van der Waals surface area contributed by atoms with E-state index < -0.39 is 20.3 Å². The standard InChI is InChI=1S/C6H14N4O2.ClH.H3O3P/c7-4(5(11)12)2-1-3-10-6(8)9;;1-4(2)3/h4H,1-3,7H2,(H,11,12)(H4,8,9,10);1H;4H,(H2,1,2,3). The number of carboxylic acid groups (broad SMARTS) is 1. The average Bonchev–Trinajstić information content (AvgIpc) is 2.10. The summed E-state index contributed by atoms with van der Waals surface area (Å²) in [6.07, 6.45) is 0.975. The molecule has 9 N–H and O–H groups in total. The molecule has 0 aliphatic rings. The van der Waals surface area contributed by atoms with Crippen molar-refractivity contribution in [3.8, 4) is 0 Å². The molecule has 0 fully saturated rings. The van der Waals surface area contributed by atoms with E-state index >= 15 is 0 Å². The number of carboxylic acids is 1. The van der Waals surface area contributed by atoms with Crippen molar-refractivity contribution >= 4 is 32.6 Å². The van der Waals surface area contributed by atoms with Crippen molar-refractivity contribution in [2.45, 2.75) is 18.9 Å². The van der Waals surface area contributed by atoms with Crippen LogP contribution in [0.2, 0.25) is 0 Å². The van der Waals surface area contributed by atoms with Crippen molar-refractivity contribution in [1.29, 1.82) is 5.41 Å². The Balaban J connectivity index is -0.000000340. The molecule has 0 saturated carbocycles. The van der Waals surface area contributed by atoms with Gasteiger partial charge in [0.15, 0.2) is 5.96 Å². The summed E-state index contributed by atoms with van der Waals surface area (Å²) in [5.41, 5.74) is 10.2. The van der Waals surface area contributed by atoms with Crippen LogP contribution in [-0.2, 0) is 9.36 Å². The third-order valence-corrected chi connectivity index (χ3v) is 1.32. The van der Waals surface area contributed by atoms with Gasteiger partial charge in [0.1, 0.15) is 6.04 Å². The largest absolute Gasteiger partial charge is 0.480 e. The summed E-state index contributed by atoms with van der Waals surface area (Å²) >= 11 is 0. The Morgan fingerprint density at radius 2 is 1.88 bits per heavy atom. The summed E-state index contributed by atoms with van der Waals surface area (Å²) in [7, 11) is -3.13. The number of nitrogens with two attached hydrogens (primary N) is 2. The van der Waals surface area contributed by atoms with Gasteiger partial charge in [-0.15, -0.1) is 12.4 Å². The molecule has 11 heteroatoms. The van der Waals surface area contributed by atoms with Crippen LogP contribution in [0.5, 0.6) is 0 Å². The van der Waals surface area contributed by atoms with Crippen molar-refractivity contribution < 1.29 is 24.3 Å². The number of hydrogen-bond donors (Lipinski definition) is 7. The first-order valence-electron chi connectivity index (χ1n) is 4.25. The van der Waals surface area contributed by atoms with Gasteiger partial charge in [0.05, 0.1) is 0 Å². The smallest absolute Gasteiger partial charge is 0.320 e. The normalized spacial score (nSPS) is 10.6. The topological polar surface area (TPSA) is 183 Å². The van der Waals surface area contributed by atoms with Crippen molar-refractivity contribution in [3.63, 3.8) is 0 Å². The van der Waals surface area contributed by atoms with E-state index in [0.29, 0.717) is 19.4 Å². The maximum Gasteiger partial charge on any atom is 0.320 e. The molecule has 0 amide bonds. The molecule has 0 aromatic rings. The fourth-order valence-electron chi connectivity index (χ4n) is 0.669. The Kier molecular flexibility index (Phi) is 16.6. The summed E-state index contributed by atoms with van der Waals surface area (Å²) in [6.45, 7) is 0.482. The molecule has 1 atom stereocenters. The molecule has 9 nitrogen and oxygen atoms in total. The van der Waals surface area contributed by atoms with E-state index in [0.717, 1.165) is 0 Å². The molecule has 0 rings (SSSR count). The number of halogens is 1. The molecule has 1 unspecified atom stereocenters. The van der Waals surface area contributed by atoms with E-state index in [1.165, 1.54) is 0 Å². The number of aliphatic carboxylic acids is 1. The van der Waals surface area contributed by atoms with Gasteiger partial charge in [0, 0.05) is 6.54 Å². The van der Waals surface area contributed by atoms with Gasteiger partial charge in [-0.25, -0.2) is 0 Å². The highest BCUT2D eigenvalue weighted by atomic mass is 35.5. The van der Waals surface area contributed by atoms with Gasteiger partial charge in [0.25, 0.3) is 0 Å². The van der Waals surface area contributed by atoms with E-state index in [1.807, 2.05) is 0 Å². The third kappa shape index (κ3) is 25.4. The quantitative estimate of drug-likeness (QED) is 0.137. The fraction of sp³-hybridized carbons (Fsp3) is 0.667. The minimum Gasteiger partial charge on any atom is -0.480 e. The minimum atomic E-state index is -3.13. The third-order valence-electron chi connectivity index (χ3n) is 1.32. The Morgan fingerprint density at radius 3 is 2.18 bits per heavy atom. The molecule has 0 heterocycles. The number of rotatable bonds is 5. The number of carbonyl (C=O) groups is 1. The van der Waals surface area contributed by atoms with Crippen LogP contribution in [0.1, 0.15) is 12.8 Å². The number of guanidine groups is 1. The van der Waals surface area contributed by atoms with Crippen LogP contribution in [0, 0.1) is 5.41 Å². The first-order valence-corrected chi connectivity index (χ1v) is 5.55. The second-order valence-electron chi connectivity index (χ2n) is 2.71. The molecule has 0 aliphatic carbocycles. The van der Waals surface area contributed by atoms with Crippen LogP contribution in [0.3, 0.4) is 0 Å². The van der Waals surface area contributed by atoms with Crippen LogP contribution in [0.4, 0.5) is 0 Å². The Labute approximate surface area is 105 Å². The predicted molar refractivity (Wildman–Crippen MR) is 65.4 cm³/mol. The zero-order valence-corrected chi connectivity index (χ0v) is 10.7. The first kappa shape index (κ1) is 21.4. The molecule has 0 saturated heterocycles. The lowest BCUT2D eigenvalue weighted by molar-refractivity contribution is -0.138. The van der Waals surface area contributed by atoms with E-state index in [4.69, 9.17) is 36.3 Å². The lowest BCUT2D eigenvalue weighted by Crippen LogP contribution is -2.34. The summed E-state index contributed by atoms with van der Waals surface area (Å²) in [6, 6.07) is -0.821. The lowest BCUT2D eigenvalue weighted by atomic mass is 10.2. The fourth-order valence-corrected chi connectivity index (χ4v) is 0.669. The Morgan fingerprint density at radius 1 is 1.47 bits per heavy atom. The molecule has 0 radical (unpaired) electrons. The molecule has 17 heavy (non-hydrogen) atoms. The molecular weight excluding hydrogens is 275 g/mol.